The number of benzene rings is 1. The normalized spacial score (nSPS) is 12.6. The molecule has 2 aromatic rings. The maximum absolute atomic E-state index is 6.27. The number of aryl methyl sites for hydroxylation is 1. The predicted molar refractivity (Wildman–Crippen MR) is 85.9 cm³/mol. The van der Waals surface area contributed by atoms with Gasteiger partial charge in [0.05, 0.1) is 29.1 Å². The van der Waals surface area contributed by atoms with Crippen LogP contribution in [0.15, 0.2) is 24.3 Å². The second-order valence-electron chi connectivity index (χ2n) is 4.91. The quantitative estimate of drug-likeness (QED) is 0.882. The summed E-state index contributed by atoms with van der Waals surface area (Å²) < 4.78 is 7.07. The summed E-state index contributed by atoms with van der Waals surface area (Å²) >= 11 is 12.2. The summed E-state index contributed by atoms with van der Waals surface area (Å²) in [7, 11) is 3.57. The molecule has 4 nitrogen and oxygen atoms in total. The molecule has 0 spiro atoms. The van der Waals surface area contributed by atoms with E-state index < -0.39 is 0 Å². The molecule has 1 aromatic heterocycles. The van der Waals surface area contributed by atoms with Crippen LogP contribution in [0.1, 0.15) is 23.0 Å². The van der Waals surface area contributed by atoms with Gasteiger partial charge < -0.3 is 10.1 Å². The number of ether oxygens (including phenoxy) is 1. The van der Waals surface area contributed by atoms with Crippen molar-refractivity contribution < 1.29 is 4.74 Å². The smallest absolute Gasteiger partial charge is 0.0951 e. The highest BCUT2D eigenvalue weighted by Crippen LogP contribution is 2.21. The van der Waals surface area contributed by atoms with Crippen molar-refractivity contribution in [3.05, 3.63) is 51.3 Å². The van der Waals surface area contributed by atoms with E-state index in [1.54, 1.807) is 11.8 Å². The van der Waals surface area contributed by atoms with Crippen LogP contribution in [0.5, 0.6) is 0 Å². The number of rotatable bonds is 6. The lowest BCUT2D eigenvalue weighted by Gasteiger charge is -2.18. The van der Waals surface area contributed by atoms with Crippen LogP contribution in [0.3, 0.4) is 0 Å². The molecule has 0 aliphatic heterocycles. The molecule has 2 rings (SSSR count). The average Bonchev–Trinajstić information content (AvgIpc) is 2.72. The van der Waals surface area contributed by atoms with Crippen LogP contribution in [0.2, 0.25) is 10.0 Å². The number of halogens is 2. The van der Waals surface area contributed by atoms with Gasteiger partial charge in [-0.25, -0.2) is 0 Å². The van der Waals surface area contributed by atoms with Crippen molar-refractivity contribution >= 4 is 23.2 Å². The zero-order chi connectivity index (χ0) is 15.4. The molecule has 1 N–H and O–H groups in total. The number of aromatic nitrogens is 2. The summed E-state index contributed by atoms with van der Waals surface area (Å²) in [6.45, 7) is 3.09. The van der Waals surface area contributed by atoms with Crippen LogP contribution in [0.25, 0.3) is 0 Å². The molecule has 0 saturated carbocycles. The Kier molecular flexibility index (Phi) is 5.65. The Balaban J connectivity index is 2.09. The van der Waals surface area contributed by atoms with Crippen LogP contribution in [0, 0.1) is 6.92 Å². The zero-order valence-corrected chi connectivity index (χ0v) is 13.9. The van der Waals surface area contributed by atoms with E-state index in [1.165, 1.54) is 0 Å². The molecule has 0 aliphatic carbocycles. The van der Waals surface area contributed by atoms with Crippen LogP contribution in [-0.2, 0) is 18.3 Å². The summed E-state index contributed by atoms with van der Waals surface area (Å²) in [6, 6.07) is 7.79. The van der Waals surface area contributed by atoms with Gasteiger partial charge in [-0.05, 0) is 24.6 Å². The first-order valence-electron chi connectivity index (χ1n) is 6.68. The first-order valence-corrected chi connectivity index (χ1v) is 7.44. The molecular weight excluding hydrogens is 309 g/mol. The Bertz CT molecular complexity index is 596. The van der Waals surface area contributed by atoms with E-state index in [2.05, 4.69) is 10.4 Å². The second kappa shape index (κ2) is 7.27. The van der Waals surface area contributed by atoms with Gasteiger partial charge in [-0.3, -0.25) is 4.68 Å². The van der Waals surface area contributed by atoms with Crippen molar-refractivity contribution in [3.8, 4) is 0 Å². The average molecular weight is 328 g/mol. The highest BCUT2D eigenvalue weighted by atomic mass is 35.5. The molecule has 1 aromatic carbocycles. The SMILES string of the molecule is COCC(NCc1nn(C)c(C)c1Cl)c1ccc(Cl)cc1. The van der Waals surface area contributed by atoms with Crippen LogP contribution in [-0.4, -0.2) is 23.5 Å². The molecule has 0 saturated heterocycles. The first-order chi connectivity index (χ1) is 10.0. The largest absolute Gasteiger partial charge is 0.383 e. The van der Waals surface area contributed by atoms with Gasteiger partial charge in [-0.15, -0.1) is 0 Å². The lowest BCUT2D eigenvalue weighted by molar-refractivity contribution is 0.166. The lowest BCUT2D eigenvalue weighted by atomic mass is 10.1. The standard InChI is InChI=1S/C15H19Cl2N3O/c1-10-15(17)13(19-20(10)2)8-18-14(9-21-3)11-4-6-12(16)7-5-11/h4-7,14,18H,8-9H2,1-3H3. The third-order valence-electron chi connectivity index (χ3n) is 3.45. The minimum atomic E-state index is 0.0608. The molecule has 0 radical (unpaired) electrons. The molecule has 0 fully saturated rings. The molecule has 1 atom stereocenters. The fourth-order valence-corrected chi connectivity index (χ4v) is 2.47. The van der Waals surface area contributed by atoms with Gasteiger partial charge in [0.2, 0.25) is 0 Å². The van der Waals surface area contributed by atoms with E-state index in [-0.39, 0.29) is 6.04 Å². The van der Waals surface area contributed by atoms with Gasteiger partial charge in [-0.2, -0.15) is 5.10 Å². The maximum atomic E-state index is 6.27. The van der Waals surface area contributed by atoms with E-state index >= 15 is 0 Å². The molecule has 1 heterocycles. The molecular formula is C15H19Cl2N3O. The summed E-state index contributed by atoms with van der Waals surface area (Å²) in [5, 5.41) is 9.26. The number of nitrogens with one attached hydrogen (secondary N) is 1. The highest BCUT2D eigenvalue weighted by molar-refractivity contribution is 6.31. The fraction of sp³-hybridized carbons (Fsp3) is 0.400. The third-order valence-corrected chi connectivity index (χ3v) is 4.19. The van der Waals surface area contributed by atoms with Crippen molar-refractivity contribution in [3.63, 3.8) is 0 Å². The van der Waals surface area contributed by atoms with E-state index in [0.717, 1.165) is 22.0 Å². The van der Waals surface area contributed by atoms with E-state index in [1.807, 2.05) is 38.2 Å². The van der Waals surface area contributed by atoms with E-state index in [9.17, 15) is 0 Å². The van der Waals surface area contributed by atoms with Gasteiger partial charge in [0.15, 0.2) is 0 Å². The first kappa shape index (κ1) is 16.3. The highest BCUT2D eigenvalue weighted by Gasteiger charge is 2.15. The maximum Gasteiger partial charge on any atom is 0.0951 e. The van der Waals surface area contributed by atoms with Crippen LogP contribution < -0.4 is 5.32 Å². The second-order valence-corrected chi connectivity index (χ2v) is 5.72. The summed E-state index contributed by atoms with van der Waals surface area (Å²) in [4.78, 5) is 0. The van der Waals surface area contributed by atoms with Crippen LogP contribution in [0.4, 0.5) is 0 Å². The number of hydrogen-bond donors (Lipinski definition) is 1. The topological polar surface area (TPSA) is 39.1 Å². The molecule has 0 bridgehead atoms. The molecule has 0 amide bonds. The molecule has 1 unspecified atom stereocenters. The minimum Gasteiger partial charge on any atom is -0.383 e. The lowest BCUT2D eigenvalue weighted by Crippen LogP contribution is -2.25. The van der Waals surface area contributed by atoms with Crippen molar-refractivity contribution in [2.75, 3.05) is 13.7 Å². The minimum absolute atomic E-state index is 0.0608. The van der Waals surface area contributed by atoms with Crippen molar-refractivity contribution in [2.24, 2.45) is 7.05 Å². The van der Waals surface area contributed by atoms with Gasteiger partial charge in [0, 0.05) is 25.7 Å². The molecule has 6 heteroatoms. The summed E-state index contributed by atoms with van der Waals surface area (Å²) in [5.41, 5.74) is 2.92. The molecule has 114 valence electrons. The Morgan fingerprint density at radius 2 is 1.95 bits per heavy atom. The zero-order valence-electron chi connectivity index (χ0n) is 12.4. The molecule has 0 aliphatic rings. The van der Waals surface area contributed by atoms with Gasteiger partial charge in [-0.1, -0.05) is 35.3 Å². The monoisotopic (exact) mass is 327 g/mol. The van der Waals surface area contributed by atoms with E-state index in [4.69, 9.17) is 27.9 Å². The van der Waals surface area contributed by atoms with Crippen LogP contribution >= 0.6 is 23.2 Å². The fourth-order valence-electron chi connectivity index (χ4n) is 2.12. The van der Waals surface area contributed by atoms with E-state index in [0.29, 0.717) is 18.2 Å². The Morgan fingerprint density at radius 3 is 2.48 bits per heavy atom. The number of nitrogens with zero attached hydrogens (tertiary/aromatic N) is 2. The molecule has 21 heavy (non-hydrogen) atoms. The third kappa shape index (κ3) is 3.98. The van der Waals surface area contributed by atoms with Gasteiger partial charge >= 0.3 is 0 Å². The van der Waals surface area contributed by atoms with Crippen molar-refractivity contribution in [1.82, 2.24) is 15.1 Å². The Hall–Kier alpha value is -1.07. The number of hydrogen-bond acceptors (Lipinski definition) is 3. The van der Waals surface area contributed by atoms with Crippen molar-refractivity contribution in [1.29, 1.82) is 0 Å². The summed E-state index contributed by atoms with van der Waals surface area (Å²) in [5.74, 6) is 0. The van der Waals surface area contributed by atoms with Crippen molar-refractivity contribution in [2.45, 2.75) is 19.5 Å². The predicted octanol–water partition coefficient (Wildman–Crippen LogP) is 3.51. The Morgan fingerprint density at radius 1 is 1.29 bits per heavy atom. The number of methoxy groups -OCH3 is 1. The van der Waals surface area contributed by atoms with Gasteiger partial charge in [0.25, 0.3) is 0 Å². The summed E-state index contributed by atoms with van der Waals surface area (Å²) in [6.07, 6.45) is 0. The Labute approximate surface area is 135 Å². The van der Waals surface area contributed by atoms with Gasteiger partial charge in [0.1, 0.15) is 0 Å².